The Morgan fingerprint density at radius 3 is 2.65 bits per heavy atom. The molecule has 1 fully saturated rings. The summed E-state index contributed by atoms with van der Waals surface area (Å²) in [6, 6.07) is 20.0. The SMILES string of the molecule is O=C(CCN1C(=S)N[C@H](c2ccccn2)[C@H]1c1ccc(-c2ccc(Cl)c(Cl)c2)o1)Nc1ccccc1F. The third-order valence-electron chi connectivity index (χ3n) is 6.05. The van der Waals surface area contributed by atoms with Crippen LogP contribution < -0.4 is 10.6 Å². The van der Waals surface area contributed by atoms with Crippen molar-refractivity contribution in [1.29, 1.82) is 0 Å². The van der Waals surface area contributed by atoms with Crippen LogP contribution >= 0.6 is 35.4 Å². The zero-order chi connectivity index (χ0) is 25.9. The van der Waals surface area contributed by atoms with Crippen LogP contribution in [0, 0.1) is 5.82 Å². The zero-order valence-electron chi connectivity index (χ0n) is 19.3. The van der Waals surface area contributed by atoms with Crippen LogP contribution in [0.3, 0.4) is 0 Å². The van der Waals surface area contributed by atoms with E-state index in [1.54, 1.807) is 30.5 Å². The normalized spacial score (nSPS) is 17.1. The van der Waals surface area contributed by atoms with Crippen molar-refractivity contribution in [3.63, 3.8) is 0 Å². The Morgan fingerprint density at radius 1 is 1.08 bits per heavy atom. The Bertz CT molecular complexity index is 1450. The van der Waals surface area contributed by atoms with Crippen molar-refractivity contribution in [3.8, 4) is 11.3 Å². The van der Waals surface area contributed by atoms with Crippen molar-refractivity contribution < 1.29 is 13.6 Å². The molecule has 0 saturated carbocycles. The molecule has 10 heteroatoms. The van der Waals surface area contributed by atoms with Crippen molar-refractivity contribution in [3.05, 3.63) is 106 Å². The molecule has 4 aromatic rings. The van der Waals surface area contributed by atoms with E-state index < -0.39 is 5.82 Å². The molecule has 0 unspecified atom stereocenters. The van der Waals surface area contributed by atoms with E-state index in [4.69, 9.17) is 39.8 Å². The Balaban J connectivity index is 1.41. The number of anilines is 1. The van der Waals surface area contributed by atoms with Gasteiger partial charge in [-0.05, 0) is 66.8 Å². The first-order valence-corrected chi connectivity index (χ1v) is 12.6. The van der Waals surface area contributed by atoms with Gasteiger partial charge in [-0.1, -0.05) is 41.4 Å². The maximum Gasteiger partial charge on any atom is 0.226 e. The van der Waals surface area contributed by atoms with Crippen molar-refractivity contribution in [2.24, 2.45) is 0 Å². The molecule has 3 heterocycles. The molecule has 2 aromatic carbocycles. The van der Waals surface area contributed by atoms with E-state index in [1.165, 1.54) is 12.1 Å². The molecule has 1 amide bonds. The largest absolute Gasteiger partial charge is 0.459 e. The summed E-state index contributed by atoms with van der Waals surface area (Å²) >= 11 is 17.9. The number of para-hydroxylation sites is 1. The van der Waals surface area contributed by atoms with Crippen LogP contribution in [0.4, 0.5) is 10.1 Å². The molecule has 6 nitrogen and oxygen atoms in total. The van der Waals surface area contributed by atoms with Crippen LogP contribution in [-0.2, 0) is 4.79 Å². The summed E-state index contributed by atoms with van der Waals surface area (Å²) in [6.07, 6.45) is 1.80. The average Bonchev–Trinajstić information content (AvgIpc) is 3.51. The average molecular weight is 555 g/mol. The number of rotatable bonds is 7. The highest BCUT2D eigenvalue weighted by Gasteiger charge is 2.41. The highest BCUT2D eigenvalue weighted by atomic mass is 35.5. The summed E-state index contributed by atoms with van der Waals surface area (Å²) in [5.41, 5.74) is 1.69. The molecule has 0 bridgehead atoms. The van der Waals surface area contributed by atoms with Crippen molar-refractivity contribution >= 4 is 52.1 Å². The first-order valence-electron chi connectivity index (χ1n) is 11.5. The van der Waals surface area contributed by atoms with Gasteiger partial charge in [-0.25, -0.2) is 4.39 Å². The van der Waals surface area contributed by atoms with Gasteiger partial charge in [0, 0.05) is 24.7 Å². The minimum absolute atomic E-state index is 0.0853. The molecular weight excluding hydrogens is 534 g/mol. The summed E-state index contributed by atoms with van der Waals surface area (Å²) < 4.78 is 20.3. The van der Waals surface area contributed by atoms with E-state index in [-0.39, 0.29) is 36.6 Å². The van der Waals surface area contributed by atoms with Crippen molar-refractivity contribution in [2.45, 2.75) is 18.5 Å². The Morgan fingerprint density at radius 2 is 1.89 bits per heavy atom. The van der Waals surface area contributed by atoms with Gasteiger partial charge in [0.05, 0.1) is 27.5 Å². The summed E-state index contributed by atoms with van der Waals surface area (Å²) in [6.45, 7) is 0.281. The molecule has 2 aromatic heterocycles. The molecule has 2 atom stereocenters. The summed E-state index contributed by atoms with van der Waals surface area (Å²) in [5.74, 6) is 0.429. The predicted molar refractivity (Wildman–Crippen MR) is 146 cm³/mol. The van der Waals surface area contributed by atoms with Gasteiger partial charge in [-0.15, -0.1) is 0 Å². The lowest BCUT2D eigenvalue weighted by molar-refractivity contribution is -0.116. The lowest BCUT2D eigenvalue weighted by atomic mass is 10.0. The minimum atomic E-state index is -0.493. The molecule has 0 spiro atoms. The Hall–Kier alpha value is -3.46. The molecule has 37 heavy (non-hydrogen) atoms. The molecule has 0 aliphatic carbocycles. The number of hydrogen-bond acceptors (Lipinski definition) is 4. The predicted octanol–water partition coefficient (Wildman–Crippen LogP) is 6.79. The molecule has 1 aliphatic rings. The van der Waals surface area contributed by atoms with Crippen LogP contribution in [0.1, 0.15) is 30.0 Å². The van der Waals surface area contributed by atoms with E-state index in [1.807, 2.05) is 41.3 Å². The number of furan rings is 1. The number of thiocarbonyl (C=S) groups is 1. The zero-order valence-corrected chi connectivity index (χ0v) is 21.7. The second-order valence-corrected chi connectivity index (χ2v) is 9.63. The standard InChI is InChI=1S/C27H21Cl2FN4O2S/c28-17-9-8-16(15-18(17)29)22-10-11-23(36-22)26-25(21-7-3-4-13-31-21)33-27(37)34(26)14-12-24(35)32-20-6-2-1-5-19(20)30/h1-11,13,15,25-26H,12,14H2,(H,32,35)(H,33,37)/t25-,26-/m1/s1. The number of benzene rings is 2. The fourth-order valence-corrected chi connectivity index (χ4v) is 4.90. The van der Waals surface area contributed by atoms with Crippen LogP contribution in [0.5, 0.6) is 0 Å². The molecule has 188 valence electrons. The number of nitrogens with zero attached hydrogens (tertiary/aromatic N) is 2. The first kappa shape index (κ1) is 25.2. The Kier molecular flexibility index (Phi) is 7.41. The molecule has 1 saturated heterocycles. The second kappa shape index (κ2) is 10.9. The second-order valence-electron chi connectivity index (χ2n) is 8.43. The minimum Gasteiger partial charge on any atom is -0.459 e. The highest BCUT2D eigenvalue weighted by Crippen LogP contribution is 2.41. The summed E-state index contributed by atoms with van der Waals surface area (Å²) in [7, 11) is 0. The maximum atomic E-state index is 14.0. The number of pyridine rings is 1. The monoisotopic (exact) mass is 554 g/mol. The van der Waals surface area contributed by atoms with E-state index in [0.29, 0.717) is 26.7 Å². The van der Waals surface area contributed by atoms with Gasteiger partial charge in [0.15, 0.2) is 5.11 Å². The fourth-order valence-electron chi connectivity index (χ4n) is 4.27. The molecule has 0 radical (unpaired) electrons. The lowest BCUT2D eigenvalue weighted by Gasteiger charge is -2.25. The third-order valence-corrected chi connectivity index (χ3v) is 7.14. The van der Waals surface area contributed by atoms with Crippen LogP contribution in [0.25, 0.3) is 11.3 Å². The molecule has 5 rings (SSSR count). The van der Waals surface area contributed by atoms with E-state index in [0.717, 1.165) is 11.3 Å². The third kappa shape index (κ3) is 5.46. The number of carbonyl (C=O) groups is 1. The summed E-state index contributed by atoms with van der Waals surface area (Å²) in [5, 5.41) is 7.29. The smallest absolute Gasteiger partial charge is 0.226 e. The number of halogens is 3. The summed E-state index contributed by atoms with van der Waals surface area (Å²) in [4.78, 5) is 19.0. The van der Waals surface area contributed by atoms with Crippen LogP contribution in [0.2, 0.25) is 10.0 Å². The molecule has 1 aliphatic heterocycles. The van der Waals surface area contributed by atoms with Gasteiger partial charge >= 0.3 is 0 Å². The van der Waals surface area contributed by atoms with Gasteiger partial charge in [0.25, 0.3) is 0 Å². The van der Waals surface area contributed by atoms with Gasteiger partial charge in [0.1, 0.15) is 23.4 Å². The van der Waals surface area contributed by atoms with E-state index in [2.05, 4.69) is 15.6 Å². The molecule has 2 N–H and O–H groups in total. The lowest BCUT2D eigenvalue weighted by Crippen LogP contribution is -2.32. The van der Waals surface area contributed by atoms with Crippen LogP contribution in [0.15, 0.2) is 83.4 Å². The van der Waals surface area contributed by atoms with Gasteiger partial charge in [0.2, 0.25) is 5.91 Å². The molecular formula is C27H21Cl2FN4O2S. The van der Waals surface area contributed by atoms with E-state index in [9.17, 15) is 9.18 Å². The van der Waals surface area contributed by atoms with E-state index >= 15 is 0 Å². The number of amides is 1. The first-order chi connectivity index (χ1) is 17.9. The topological polar surface area (TPSA) is 70.4 Å². The Labute approximate surface area is 228 Å². The number of aromatic nitrogens is 1. The van der Waals surface area contributed by atoms with Gasteiger partial charge < -0.3 is 20.0 Å². The number of hydrogen-bond donors (Lipinski definition) is 2. The van der Waals surface area contributed by atoms with Crippen molar-refractivity contribution in [2.75, 3.05) is 11.9 Å². The van der Waals surface area contributed by atoms with Crippen molar-refractivity contribution in [1.82, 2.24) is 15.2 Å². The number of nitrogens with one attached hydrogen (secondary N) is 2. The van der Waals surface area contributed by atoms with Crippen LogP contribution in [-0.4, -0.2) is 27.4 Å². The van der Waals surface area contributed by atoms with Gasteiger partial charge in [-0.2, -0.15) is 0 Å². The highest BCUT2D eigenvalue weighted by molar-refractivity contribution is 7.80. The quantitative estimate of drug-likeness (QED) is 0.245. The van der Waals surface area contributed by atoms with Gasteiger partial charge in [-0.3, -0.25) is 9.78 Å². The number of carbonyl (C=O) groups excluding carboxylic acids is 1. The fraction of sp³-hybridized carbons (Fsp3) is 0.148. The maximum absolute atomic E-state index is 14.0.